The third-order valence-corrected chi connectivity index (χ3v) is 3.87. The molecule has 0 bridgehead atoms. The van der Waals surface area contributed by atoms with Gasteiger partial charge in [0.1, 0.15) is 11.6 Å². The molecule has 1 N–H and O–H groups in total. The summed E-state index contributed by atoms with van der Waals surface area (Å²) in [5.41, 5.74) is 1.77. The lowest BCUT2D eigenvalue weighted by Crippen LogP contribution is -2.35. The Morgan fingerprint density at radius 1 is 1.44 bits per heavy atom. The van der Waals surface area contributed by atoms with Crippen LogP contribution in [-0.4, -0.2) is 22.1 Å². The standard InChI is InChI=1S/C14H18FN3/c1-9-7-10(5-6-16-9)14-17-12-8-11(15)3-4-13(12)18(14)2/h3-4,8-10,16H,5-7H2,1-2H3. The fourth-order valence-corrected chi connectivity index (χ4v) is 2.92. The first-order chi connectivity index (χ1) is 8.65. The van der Waals surface area contributed by atoms with Crippen molar-refractivity contribution in [3.05, 3.63) is 29.8 Å². The maximum absolute atomic E-state index is 13.2. The fourth-order valence-electron chi connectivity index (χ4n) is 2.92. The Morgan fingerprint density at radius 3 is 3.06 bits per heavy atom. The summed E-state index contributed by atoms with van der Waals surface area (Å²) in [5, 5.41) is 3.45. The number of nitrogens with zero attached hydrogens (tertiary/aromatic N) is 2. The summed E-state index contributed by atoms with van der Waals surface area (Å²) in [6.07, 6.45) is 2.20. The van der Waals surface area contributed by atoms with Crippen molar-refractivity contribution in [1.82, 2.24) is 14.9 Å². The van der Waals surface area contributed by atoms with Gasteiger partial charge in [-0.25, -0.2) is 9.37 Å². The second-order valence-corrected chi connectivity index (χ2v) is 5.24. The van der Waals surface area contributed by atoms with E-state index in [1.54, 1.807) is 0 Å². The normalized spacial score (nSPS) is 24.6. The molecule has 3 rings (SSSR count). The number of nitrogens with one attached hydrogen (secondary N) is 1. The molecule has 1 aromatic heterocycles. The predicted molar refractivity (Wildman–Crippen MR) is 70.1 cm³/mol. The van der Waals surface area contributed by atoms with Gasteiger partial charge in [-0.05, 0) is 38.4 Å². The van der Waals surface area contributed by atoms with E-state index in [2.05, 4.69) is 21.8 Å². The molecule has 1 aromatic carbocycles. The first-order valence-electron chi connectivity index (χ1n) is 6.50. The van der Waals surface area contributed by atoms with Crippen LogP contribution in [0.25, 0.3) is 11.0 Å². The molecular formula is C14H18FN3. The Labute approximate surface area is 106 Å². The number of hydrogen-bond donors (Lipinski definition) is 1. The van der Waals surface area contributed by atoms with Gasteiger partial charge in [0.05, 0.1) is 11.0 Å². The highest BCUT2D eigenvalue weighted by molar-refractivity contribution is 5.76. The molecule has 1 saturated heterocycles. The van der Waals surface area contributed by atoms with Crippen LogP contribution in [0.2, 0.25) is 0 Å². The lowest BCUT2D eigenvalue weighted by molar-refractivity contribution is 0.367. The number of imidazole rings is 1. The highest BCUT2D eigenvalue weighted by Crippen LogP contribution is 2.29. The zero-order valence-electron chi connectivity index (χ0n) is 10.8. The molecule has 96 valence electrons. The molecule has 18 heavy (non-hydrogen) atoms. The first kappa shape index (κ1) is 11.7. The lowest BCUT2D eigenvalue weighted by Gasteiger charge is -2.27. The first-order valence-corrected chi connectivity index (χ1v) is 6.50. The second-order valence-electron chi connectivity index (χ2n) is 5.24. The molecule has 3 nitrogen and oxygen atoms in total. The number of halogens is 1. The molecule has 2 heterocycles. The summed E-state index contributed by atoms with van der Waals surface area (Å²) in [5.74, 6) is 1.34. The van der Waals surface area contributed by atoms with E-state index >= 15 is 0 Å². The Kier molecular flexibility index (Phi) is 2.82. The highest BCUT2D eigenvalue weighted by atomic mass is 19.1. The van der Waals surface area contributed by atoms with Crippen molar-refractivity contribution in [3.8, 4) is 0 Å². The second kappa shape index (κ2) is 4.35. The summed E-state index contributed by atoms with van der Waals surface area (Å²) in [4.78, 5) is 4.63. The average Bonchev–Trinajstić information content (AvgIpc) is 2.66. The fraction of sp³-hybridized carbons (Fsp3) is 0.500. The quantitative estimate of drug-likeness (QED) is 0.839. The van der Waals surface area contributed by atoms with E-state index in [-0.39, 0.29) is 5.82 Å². The minimum atomic E-state index is -0.217. The van der Waals surface area contributed by atoms with Gasteiger partial charge in [0.2, 0.25) is 0 Å². The van der Waals surface area contributed by atoms with Crippen LogP contribution < -0.4 is 5.32 Å². The molecule has 0 amide bonds. The SMILES string of the molecule is CC1CC(c2nc3cc(F)ccc3n2C)CCN1. The van der Waals surface area contributed by atoms with E-state index < -0.39 is 0 Å². The van der Waals surface area contributed by atoms with Gasteiger partial charge >= 0.3 is 0 Å². The summed E-state index contributed by atoms with van der Waals surface area (Å²) >= 11 is 0. The van der Waals surface area contributed by atoms with Crippen molar-refractivity contribution in [2.24, 2.45) is 7.05 Å². The van der Waals surface area contributed by atoms with Gasteiger partial charge in [0.15, 0.2) is 0 Å². The largest absolute Gasteiger partial charge is 0.331 e. The molecule has 1 aliphatic heterocycles. The lowest BCUT2D eigenvalue weighted by atomic mass is 9.92. The molecule has 2 unspecified atom stereocenters. The van der Waals surface area contributed by atoms with Gasteiger partial charge in [-0.15, -0.1) is 0 Å². The number of aryl methyl sites for hydroxylation is 1. The minimum absolute atomic E-state index is 0.217. The zero-order chi connectivity index (χ0) is 12.7. The number of piperidine rings is 1. The average molecular weight is 247 g/mol. The third-order valence-electron chi connectivity index (χ3n) is 3.87. The van der Waals surface area contributed by atoms with E-state index in [0.29, 0.717) is 12.0 Å². The Balaban J connectivity index is 2.03. The minimum Gasteiger partial charge on any atom is -0.331 e. The van der Waals surface area contributed by atoms with Gasteiger partial charge in [0, 0.05) is 25.1 Å². The molecule has 0 aliphatic carbocycles. The van der Waals surface area contributed by atoms with Crippen LogP contribution in [0.4, 0.5) is 4.39 Å². The zero-order valence-corrected chi connectivity index (χ0v) is 10.8. The number of rotatable bonds is 1. The maximum atomic E-state index is 13.2. The molecule has 4 heteroatoms. The molecule has 1 fully saturated rings. The third kappa shape index (κ3) is 1.90. The van der Waals surface area contributed by atoms with E-state index in [4.69, 9.17) is 0 Å². The summed E-state index contributed by atoms with van der Waals surface area (Å²) in [6.45, 7) is 3.23. The van der Waals surface area contributed by atoms with E-state index in [1.165, 1.54) is 12.1 Å². The van der Waals surface area contributed by atoms with Crippen molar-refractivity contribution >= 4 is 11.0 Å². The van der Waals surface area contributed by atoms with E-state index in [0.717, 1.165) is 36.2 Å². The van der Waals surface area contributed by atoms with Crippen LogP contribution in [0.15, 0.2) is 18.2 Å². The summed E-state index contributed by atoms with van der Waals surface area (Å²) < 4.78 is 15.3. The Hall–Kier alpha value is -1.42. The number of aromatic nitrogens is 2. The number of fused-ring (bicyclic) bond motifs is 1. The molecule has 0 spiro atoms. The van der Waals surface area contributed by atoms with Gasteiger partial charge in [-0.2, -0.15) is 0 Å². The van der Waals surface area contributed by atoms with Crippen LogP contribution in [-0.2, 0) is 7.05 Å². The van der Waals surface area contributed by atoms with Crippen LogP contribution in [0.3, 0.4) is 0 Å². The summed E-state index contributed by atoms with van der Waals surface area (Å²) in [7, 11) is 2.02. The van der Waals surface area contributed by atoms with Crippen molar-refractivity contribution in [2.75, 3.05) is 6.54 Å². The molecule has 0 saturated carbocycles. The number of hydrogen-bond acceptors (Lipinski definition) is 2. The van der Waals surface area contributed by atoms with Crippen molar-refractivity contribution in [2.45, 2.75) is 31.7 Å². The maximum Gasteiger partial charge on any atom is 0.125 e. The Morgan fingerprint density at radius 2 is 2.28 bits per heavy atom. The molecule has 2 atom stereocenters. The summed E-state index contributed by atoms with van der Waals surface area (Å²) in [6, 6.07) is 5.36. The van der Waals surface area contributed by atoms with Crippen molar-refractivity contribution in [3.63, 3.8) is 0 Å². The topological polar surface area (TPSA) is 29.9 Å². The van der Waals surface area contributed by atoms with Crippen LogP contribution in [0, 0.1) is 5.82 Å². The van der Waals surface area contributed by atoms with Crippen LogP contribution >= 0.6 is 0 Å². The van der Waals surface area contributed by atoms with Crippen molar-refractivity contribution < 1.29 is 4.39 Å². The smallest absolute Gasteiger partial charge is 0.125 e. The Bertz CT molecular complexity index is 576. The predicted octanol–water partition coefficient (Wildman–Crippen LogP) is 2.57. The van der Waals surface area contributed by atoms with Crippen LogP contribution in [0.5, 0.6) is 0 Å². The molecular weight excluding hydrogens is 229 g/mol. The van der Waals surface area contributed by atoms with Gasteiger partial charge in [-0.1, -0.05) is 0 Å². The number of benzene rings is 1. The van der Waals surface area contributed by atoms with Gasteiger partial charge in [0.25, 0.3) is 0 Å². The molecule has 2 aromatic rings. The van der Waals surface area contributed by atoms with Crippen LogP contribution in [0.1, 0.15) is 31.5 Å². The van der Waals surface area contributed by atoms with Gasteiger partial charge < -0.3 is 9.88 Å². The van der Waals surface area contributed by atoms with E-state index in [9.17, 15) is 4.39 Å². The molecule has 0 radical (unpaired) electrons. The monoisotopic (exact) mass is 247 g/mol. The highest BCUT2D eigenvalue weighted by Gasteiger charge is 2.24. The van der Waals surface area contributed by atoms with E-state index in [1.807, 2.05) is 13.1 Å². The van der Waals surface area contributed by atoms with Gasteiger partial charge in [-0.3, -0.25) is 0 Å². The molecule has 1 aliphatic rings. The van der Waals surface area contributed by atoms with Crippen molar-refractivity contribution in [1.29, 1.82) is 0 Å².